The highest BCUT2D eigenvalue weighted by molar-refractivity contribution is 7.32. The summed E-state index contributed by atoms with van der Waals surface area (Å²) in [6.07, 6.45) is 7.27. The molecule has 0 amide bonds. The minimum absolute atomic E-state index is 0.513. The minimum atomic E-state index is -1.62. The third-order valence-corrected chi connectivity index (χ3v) is 17.8. The molecule has 2 heterocycles. The summed E-state index contributed by atoms with van der Waals surface area (Å²) in [6.45, 7) is 19.8. The molecule has 1 aliphatic carbocycles. The fourth-order valence-corrected chi connectivity index (χ4v) is 13.9. The van der Waals surface area contributed by atoms with Crippen LogP contribution in [0.15, 0.2) is 42.7 Å². The number of benzene rings is 2. The van der Waals surface area contributed by atoms with E-state index in [4.69, 9.17) is 9.97 Å². The first-order valence-corrected chi connectivity index (χ1v) is 20.6. The Bertz CT molecular complexity index is 1400. The highest BCUT2D eigenvalue weighted by atomic mass is 32.1. The normalized spacial score (nSPS) is 17.4. The summed E-state index contributed by atoms with van der Waals surface area (Å²) in [4.78, 5) is 9.74. The molecular weight excluding hydrogens is 477 g/mol. The standard InChI is InChI=1S/C30H40N2SSi2/c1-20-26-28(33-29(20)35(7,8)23-13-15-30(2,3)16-14-23)27(32-19-31-26)22-17-21-11-9-10-12-24(21)25(18-22)34(4,5)6/h9-12,17-19,23H,13-16H2,1-8H3. The van der Waals surface area contributed by atoms with Gasteiger partial charge in [0.25, 0.3) is 0 Å². The molecule has 0 unspecified atom stereocenters. The Morgan fingerprint density at radius 1 is 0.943 bits per heavy atom. The van der Waals surface area contributed by atoms with Crippen LogP contribution in [0.1, 0.15) is 45.1 Å². The molecule has 0 saturated heterocycles. The van der Waals surface area contributed by atoms with E-state index in [0.29, 0.717) is 5.41 Å². The van der Waals surface area contributed by atoms with Crippen molar-refractivity contribution in [3.63, 3.8) is 0 Å². The van der Waals surface area contributed by atoms with E-state index in [1.165, 1.54) is 63.0 Å². The van der Waals surface area contributed by atoms with Gasteiger partial charge in [-0.05, 0) is 57.6 Å². The molecule has 0 atom stereocenters. The topological polar surface area (TPSA) is 25.8 Å². The van der Waals surface area contributed by atoms with Crippen LogP contribution in [0.25, 0.3) is 32.2 Å². The highest BCUT2D eigenvalue weighted by Gasteiger charge is 2.40. The zero-order valence-corrected chi connectivity index (χ0v) is 25.6. The number of fused-ring (bicyclic) bond motifs is 2. The maximum atomic E-state index is 4.91. The van der Waals surface area contributed by atoms with Crippen molar-refractivity contribution in [1.82, 2.24) is 9.97 Å². The second kappa shape index (κ2) is 8.64. The molecule has 2 aromatic carbocycles. The van der Waals surface area contributed by atoms with E-state index < -0.39 is 16.1 Å². The van der Waals surface area contributed by atoms with Gasteiger partial charge >= 0.3 is 0 Å². The zero-order valence-electron chi connectivity index (χ0n) is 22.7. The van der Waals surface area contributed by atoms with Crippen LogP contribution in [-0.2, 0) is 0 Å². The Balaban J connectivity index is 1.65. The van der Waals surface area contributed by atoms with Crippen molar-refractivity contribution >= 4 is 58.2 Å². The number of thiophene rings is 1. The van der Waals surface area contributed by atoms with Gasteiger partial charge in [-0.2, -0.15) is 0 Å². The fraction of sp³-hybridized carbons (Fsp3) is 0.467. The molecule has 35 heavy (non-hydrogen) atoms. The first kappa shape index (κ1) is 24.8. The number of aryl methyl sites for hydroxylation is 1. The van der Waals surface area contributed by atoms with Crippen LogP contribution in [0.4, 0.5) is 0 Å². The van der Waals surface area contributed by atoms with Crippen LogP contribution < -0.4 is 9.69 Å². The van der Waals surface area contributed by atoms with Gasteiger partial charge in [0.15, 0.2) is 0 Å². The van der Waals surface area contributed by atoms with Gasteiger partial charge in [-0.15, -0.1) is 11.3 Å². The van der Waals surface area contributed by atoms with Crippen molar-refractivity contribution in [2.75, 3.05) is 0 Å². The van der Waals surface area contributed by atoms with Gasteiger partial charge in [0.1, 0.15) is 6.33 Å². The monoisotopic (exact) mass is 516 g/mol. The van der Waals surface area contributed by atoms with E-state index in [2.05, 4.69) is 89.9 Å². The summed E-state index contributed by atoms with van der Waals surface area (Å²) in [5.41, 5.74) is 6.34. The van der Waals surface area contributed by atoms with Gasteiger partial charge < -0.3 is 0 Å². The van der Waals surface area contributed by atoms with Crippen LogP contribution in [0, 0.1) is 12.3 Å². The van der Waals surface area contributed by atoms with Crippen molar-refractivity contribution in [1.29, 1.82) is 0 Å². The van der Waals surface area contributed by atoms with E-state index in [1.807, 2.05) is 11.3 Å². The Labute approximate surface area is 217 Å². The van der Waals surface area contributed by atoms with Crippen LogP contribution in [0.3, 0.4) is 0 Å². The lowest BCUT2D eigenvalue weighted by molar-refractivity contribution is 0.242. The minimum Gasteiger partial charge on any atom is -0.235 e. The van der Waals surface area contributed by atoms with Gasteiger partial charge in [0.2, 0.25) is 0 Å². The van der Waals surface area contributed by atoms with E-state index in [-0.39, 0.29) is 0 Å². The zero-order chi connectivity index (χ0) is 25.2. The van der Waals surface area contributed by atoms with Gasteiger partial charge in [0.05, 0.1) is 32.1 Å². The van der Waals surface area contributed by atoms with E-state index >= 15 is 0 Å². The largest absolute Gasteiger partial charge is 0.235 e. The summed E-state index contributed by atoms with van der Waals surface area (Å²) < 4.78 is 2.93. The molecule has 0 spiro atoms. The summed E-state index contributed by atoms with van der Waals surface area (Å²) in [6, 6.07) is 13.7. The maximum absolute atomic E-state index is 4.91. The molecule has 0 N–H and O–H groups in total. The SMILES string of the molecule is Cc1c([Si](C)(C)C2CCC(C)(C)CC2)sc2c(-c3cc([Si](C)(C)C)c4ccccc4c3)ncnc12. The first-order valence-electron chi connectivity index (χ1n) is 13.2. The highest BCUT2D eigenvalue weighted by Crippen LogP contribution is 2.46. The van der Waals surface area contributed by atoms with Crippen LogP contribution in [0.2, 0.25) is 38.3 Å². The number of hydrogen-bond donors (Lipinski definition) is 0. The molecule has 0 bridgehead atoms. The number of nitrogens with zero attached hydrogens (tertiary/aromatic N) is 2. The summed E-state index contributed by atoms with van der Waals surface area (Å²) >= 11 is 2.01. The molecule has 0 aliphatic heterocycles. The van der Waals surface area contributed by atoms with Crippen molar-refractivity contribution in [2.45, 2.75) is 84.7 Å². The maximum Gasteiger partial charge on any atom is 0.116 e. The molecule has 0 radical (unpaired) electrons. The third kappa shape index (κ3) is 4.45. The van der Waals surface area contributed by atoms with Crippen LogP contribution >= 0.6 is 11.3 Å². The molecule has 1 saturated carbocycles. The Kier molecular flexibility index (Phi) is 6.13. The lowest BCUT2D eigenvalue weighted by Crippen LogP contribution is -2.47. The number of aromatic nitrogens is 2. The Morgan fingerprint density at radius 3 is 2.31 bits per heavy atom. The van der Waals surface area contributed by atoms with E-state index in [0.717, 1.165) is 11.2 Å². The predicted octanol–water partition coefficient (Wildman–Crippen LogP) is 8.25. The summed E-state index contributed by atoms with van der Waals surface area (Å²) in [5, 5.41) is 4.24. The van der Waals surface area contributed by atoms with Crippen molar-refractivity contribution in [3.8, 4) is 11.3 Å². The van der Waals surface area contributed by atoms with Gasteiger partial charge in [0, 0.05) is 5.56 Å². The summed E-state index contributed by atoms with van der Waals surface area (Å²) in [5.74, 6) is 0. The molecule has 5 heteroatoms. The molecule has 5 rings (SSSR count). The second-order valence-corrected chi connectivity index (χ2v) is 24.3. The van der Waals surface area contributed by atoms with Crippen LogP contribution in [0.5, 0.6) is 0 Å². The van der Waals surface area contributed by atoms with Gasteiger partial charge in [-0.1, -0.05) is 94.9 Å². The average Bonchev–Trinajstić information content (AvgIpc) is 3.15. The van der Waals surface area contributed by atoms with Crippen molar-refractivity contribution < 1.29 is 0 Å². The molecule has 184 valence electrons. The Hall–Kier alpha value is -1.83. The van der Waals surface area contributed by atoms with Gasteiger partial charge in [-0.3, -0.25) is 0 Å². The number of rotatable bonds is 4. The Morgan fingerprint density at radius 2 is 1.63 bits per heavy atom. The van der Waals surface area contributed by atoms with E-state index in [1.54, 1.807) is 10.8 Å². The molecule has 1 aliphatic rings. The van der Waals surface area contributed by atoms with Crippen molar-refractivity contribution in [2.24, 2.45) is 5.41 Å². The lowest BCUT2D eigenvalue weighted by atomic mass is 9.77. The molecular formula is C30H40N2SSi2. The van der Waals surface area contributed by atoms with Crippen molar-refractivity contribution in [3.05, 3.63) is 48.3 Å². The molecule has 1 fully saturated rings. The molecule has 2 aromatic heterocycles. The fourth-order valence-electron chi connectivity index (χ4n) is 6.22. The third-order valence-electron chi connectivity index (χ3n) is 8.59. The smallest absolute Gasteiger partial charge is 0.116 e. The lowest BCUT2D eigenvalue weighted by Gasteiger charge is -2.41. The van der Waals surface area contributed by atoms with E-state index in [9.17, 15) is 0 Å². The second-order valence-electron chi connectivity index (χ2n) is 13.1. The average molecular weight is 517 g/mol. The molecule has 2 nitrogen and oxygen atoms in total. The molecule has 4 aromatic rings. The summed E-state index contributed by atoms with van der Waals surface area (Å²) in [7, 11) is -3.15. The predicted molar refractivity (Wildman–Crippen MR) is 161 cm³/mol. The first-order chi connectivity index (χ1) is 16.4. The van der Waals surface area contributed by atoms with Gasteiger partial charge in [-0.25, -0.2) is 9.97 Å². The number of hydrogen-bond acceptors (Lipinski definition) is 3. The van der Waals surface area contributed by atoms with Crippen LogP contribution in [-0.4, -0.2) is 26.1 Å². The quantitative estimate of drug-likeness (QED) is 0.255.